The molecule has 0 radical (unpaired) electrons. The Hall–Kier alpha value is -1.68. The van der Waals surface area contributed by atoms with Gasteiger partial charge in [-0.1, -0.05) is 18.2 Å². The van der Waals surface area contributed by atoms with Gasteiger partial charge in [-0.15, -0.1) is 0 Å². The van der Waals surface area contributed by atoms with E-state index >= 15 is 0 Å². The van der Waals surface area contributed by atoms with Crippen LogP contribution in [0.5, 0.6) is 5.75 Å². The van der Waals surface area contributed by atoms with Gasteiger partial charge in [0.1, 0.15) is 18.2 Å². The Labute approximate surface area is 118 Å². The van der Waals surface area contributed by atoms with Crippen molar-refractivity contribution in [3.05, 3.63) is 63.9 Å². The van der Waals surface area contributed by atoms with Crippen molar-refractivity contribution in [1.29, 1.82) is 0 Å². The monoisotopic (exact) mass is 320 g/mol. The summed E-state index contributed by atoms with van der Waals surface area (Å²) in [5.74, 6) is 0.0147. The van der Waals surface area contributed by atoms with Gasteiger partial charge in [0.05, 0.1) is 10.4 Å². The average Bonchev–Trinajstić information content (AvgIpc) is 2.85. The molecular weight excluding hydrogens is 311 g/mol. The summed E-state index contributed by atoms with van der Waals surface area (Å²) in [4.78, 5) is 12.4. The molecule has 1 atom stereocenters. The molecule has 0 N–H and O–H groups in total. The van der Waals surface area contributed by atoms with E-state index in [-0.39, 0.29) is 17.5 Å². The quantitative estimate of drug-likeness (QED) is 0.783. The number of ether oxygens (including phenoxy) is 1. The summed E-state index contributed by atoms with van der Waals surface area (Å²) in [6.07, 6.45) is 0. The minimum atomic E-state index is -0.375. The molecule has 4 heteroatoms. The third-order valence-electron chi connectivity index (χ3n) is 3.22. The summed E-state index contributed by atoms with van der Waals surface area (Å²) >= 11 is 3.10. The first-order chi connectivity index (χ1) is 9.16. The molecular formula is C15H10BrFO2. The zero-order valence-electron chi connectivity index (χ0n) is 9.90. The number of rotatable bonds is 2. The van der Waals surface area contributed by atoms with Gasteiger partial charge in [0, 0.05) is 11.1 Å². The van der Waals surface area contributed by atoms with Crippen LogP contribution in [0.25, 0.3) is 0 Å². The van der Waals surface area contributed by atoms with Crippen LogP contribution in [0.15, 0.2) is 46.9 Å². The standard InChI is InChI=1S/C15H10BrFO2/c16-12-7-9(5-6-13(12)17)15(18)11-8-19-14-4-2-1-3-10(11)14/h1-7,11H,8H2. The van der Waals surface area contributed by atoms with E-state index in [4.69, 9.17) is 4.74 Å². The van der Waals surface area contributed by atoms with Crippen LogP contribution in [-0.2, 0) is 0 Å². The topological polar surface area (TPSA) is 26.3 Å². The zero-order valence-corrected chi connectivity index (χ0v) is 11.5. The first-order valence-electron chi connectivity index (χ1n) is 5.88. The number of para-hydroxylation sites is 1. The molecule has 0 spiro atoms. The Bertz CT molecular complexity index is 654. The number of carbonyl (C=O) groups is 1. The van der Waals surface area contributed by atoms with Gasteiger partial charge < -0.3 is 4.74 Å². The van der Waals surface area contributed by atoms with E-state index in [1.165, 1.54) is 18.2 Å². The van der Waals surface area contributed by atoms with Crippen LogP contribution < -0.4 is 4.74 Å². The Morgan fingerprint density at radius 3 is 2.84 bits per heavy atom. The lowest BCUT2D eigenvalue weighted by atomic mass is 9.92. The molecule has 1 heterocycles. The molecule has 2 nitrogen and oxygen atoms in total. The van der Waals surface area contributed by atoms with Gasteiger partial charge in [-0.25, -0.2) is 4.39 Å². The molecule has 3 rings (SSSR count). The van der Waals surface area contributed by atoms with Crippen LogP contribution in [-0.4, -0.2) is 12.4 Å². The third kappa shape index (κ3) is 2.16. The first-order valence-corrected chi connectivity index (χ1v) is 6.67. The first kappa shape index (κ1) is 12.4. The van der Waals surface area contributed by atoms with E-state index < -0.39 is 0 Å². The van der Waals surface area contributed by atoms with Crippen LogP contribution in [0.1, 0.15) is 21.8 Å². The number of halogens is 2. The summed E-state index contributed by atoms with van der Waals surface area (Å²) in [7, 11) is 0. The van der Waals surface area contributed by atoms with Crippen molar-refractivity contribution in [3.8, 4) is 5.75 Å². The molecule has 96 valence electrons. The molecule has 0 amide bonds. The van der Waals surface area contributed by atoms with E-state index in [0.717, 1.165) is 11.3 Å². The second kappa shape index (κ2) is 4.78. The van der Waals surface area contributed by atoms with Gasteiger partial charge >= 0.3 is 0 Å². The summed E-state index contributed by atoms with van der Waals surface area (Å²) in [6.45, 7) is 0.340. The van der Waals surface area contributed by atoms with Crippen molar-refractivity contribution < 1.29 is 13.9 Å². The second-order valence-electron chi connectivity index (χ2n) is 4.39. The van der Waals surface area contributed by atoms with Gasteiger partial charge in [-0.3, -0.25) is 4.79 Å². The van der Waals surface area contributed by atoms with Crippen molar-refractivity contribution >= 4 is 21.7 Å². The molecule has 0 aliphatic carbocycles. The highest BCUT2D eigenvalue weighted by molar-refractivity contribution is 9.10. The minimum absolute atomic E-state index is 0.0503. The molecule has 0 bridgehead atoms. The molecule has 0 saturated heterocycles. The molecule has 0 saturated carbocycles. The normalized spacial score (nSPS) is 16.8. The molecule has 19 heavy (non-hydrogen) atoms. The maximum atomic E-state index is 13.2. The predicted octanol–water partition coefficient (Wildman–Crippen LogP) is 3.95. The average molecular weight is 321 g/mol. The van der Waals surface area contributed by atoms with E-state index in [1.54, 1.807) is 0 Å². The number of Topliss-reactive ketones (excluding diaryl/α,β-unsaturated/α-hetero) is 1. The number of fused-ring (bicyclic) bond motifs is 1. The number of carbonyl (C=O) groups excluding carboxylic acids is 1. The van der Waals surface area contributed by atoms with E-state index in [1.807, 2.05) is 24.3 Å². The van der Waals surface area contributed by atoms with Crippen molar-refractivity contribution in [1.82, 2.24) is 0 Å². The summed E-state index contributed by atoms with van der Waals surface area (Å²) in [5, 5.41) is 0. The fraction of sp³-hybridized carbons (Fsp3) is 0.133. The minimum Gasteiger partial charge on any atom is -0.492 e. The van der Waals surface area contributed by atoms with Gasteiger partial charge in [0.25, 0.3) is 0 Å². The van der Waals surface area contributed by atoms with E-state index in [9.17, 15) is 9.18 Å². The predicted molar refractivity (Wildman–Crippen MR) is 73.1 cm³/mol. The van der Waals surface area contributed by atoms with Crippen LogP contribution in [0, 0.1) is 5.82 Å². The molecule has 1 unspecified atom stereocenters. The largest absolute Gasteiger partial charge is 0.492 e. The zero-order chi connectivity index (χ0) is 13.4. The van der Waals surface area contributed by atoms with Crippen molar-refractivity contribution in [2.75, 3.05) is 6.61 Å². The Kier molecular flexibility index (Phi) is 3.11. The van der Waals surface area contributed by atoms with Crippen LogP contribution in [0.4, 0.5) is 4.39 Å². The van der Waals surface area contributed by atoms with Gasteiger partial charge in [0.15, 0.2) is 5.78 Å². The lowest BCUT2D eigenvalue weighted by Gasteiger charge is -2.08. The molecule has 0 aromatic heterocycles. The SMILES string of the molecule is O=C(c1ccc(F)c(Br)c1)C1COc2ccccc21. The van der Waals surface area contributed by atoms with Crippen molar-refractivity contribution in [3.63, 3.8) is 0 Å². The van der Waals surface area contributed by atoms with Crippen LogP contribution >= 0.6 is 15.9 Å². The Morgan fingerprint density at radius 2 is 2.05 bits per heavy atom. The third-order valence-corrected chi connectivity index (χ3v) is 3.83. The van der Waals surface area contributed by atoms with Gasteiger partial charge in [-0.2, -0.15) is 0 Å². The number of hydrogen-bond acceptors (Lipinski definition) is 2. The summed E-state index contributed by atoms with van der Waals surface area (Å²) in [6, 6.07) is 11.8. The lowest BCUT2D eigenvalue weighted by molar-refractivity contribution is 0.0947. The summed E-state index contributed by atoms with van der Waals surface area (Å²) in [5.41, 5.74) is 1.38. The van der Waals surface area contributed by atoms with E-state index in [2.05, 4.69) is 15.9 Å². The summed E-state index contributed by atoms with van der Waals surface area (Å²) < 4.78 is 19.0. The van der Waals surface area contributed by atoms with Crippen LogP contribution in [0.3, 0.4) is 0 Å². The Morgan fingerprint density at radius 1 is 1.26 bits per heavy atom. The highest BCUT2D eigenvalue weighted by Gasteiger charge is 2.30. The highest BCUT2D eigenvalue weighted by atomic mass is 79.9. The van der Waals surface area contributed by atoms with Gasteiger partial charge in [-0.05, 0) is 40.2 Å². The fourth-order valence-electron chi connectivity index (χ4n) is 2.23. The van der Waals surface area contributed by atoms with Crippen LogP contribution in [0.2, 0.25) is 0 Å². The van der Waals surface area contributed by atoms with Crippen molar-refractivity contribution in [2.45, 2.75) is 5.92 Å². The smallest absolute Gasteiger partial charge is 0.173 e. The molecule has 1 aliphatic heterocycles. The fourth-order valence-corrected chi connectivity index (χ4v) is 2.61. The highest BCUT2D eigenvalue weighted by Crippen LogP contribution is 2.35. The number of benzene rings is 2. The number of hydrogen-bond donors (Lipinski definition) is 0. The maximum Gasteiger partial charge on any atom is 0.173 e. The molecule has 1 aliphatic rings. The number of ketones is 1. The molecule has 0 fully saturated rings. The maximum absolute atomic E-state index is 13.2. The molecule has 2 aromatic carbocycles. The van der Waals surface area contributed by atoms with Crippen molar-refractivity contribution in [2.24, 2.45) is 0 Å². The molecule has 2 aromatic rings. The second-order valence-corrected chi connectivity index (χ2v) is 5.25. The lowest BCUT2D eigenvalue weighted by Crippen LogP contribution is -2.14. The van der Waals surface area contributed by atoms with E-state index in [0.29, 0.717) is 16.6 Å². The van der Waals surface area contributed by atoms with Gasteiger partial charge in [0.2, 0.25) is 0 Å². The Balaban J connectivity index is 1.95.